The van der Waals surface area contributed by atoms with Gasteiger partial charge < -0.3 is 4.42 Å². The van der Waals surface area contributed by atoms with E-state index in [2.05, 4.69) is 32.8 Å². The van der Waals surface area contributed by atoms with Crippen LogP contribution in [0.3, 0.4) is 0 Å². The van der Waals surface area contributed by atoms with Crippen LogP contribution in [0.5, 0.6) is 0 Å². The standard InChI is InChI=1S/C12H16N4O/c1-10-6-14-16(7-10)11-2-4-15(8-11)9-12-13-3-5-17-12/h3,5-7,11H,2,4,8-9H2,1H3. The Morgan fingerprint density at radius 3 is 3.18 bits per heavy atom. The van der Waals surface area contributed by atoms with Crippen LogP contribution in [0.2, 0.25) is 0 Å². The van der Waals surface area contributed by atoms with Crippen LogP contribution in [0.25, 0.3) is 0 Å². The third-order valence-corrected chi connectivity index (χ3v) is 3.19. The van der Waals surface area contributed by atoms with Gasteiger partial charge in [-0.25, -0.2) is 4.98 Å². The summed E-state index contributed by atoms with van der Waals surface area (Å²) in [6, 6.07) is 0.485. The molecule has 1 aliphatic heterocycles. The summed E-state index contributed by atoms with van der Waals surface area (Å²) in [5, 5.41) is 4.38. The highest BCUT2D eigenvalue weighted by Crippen LogP contribution is 2.22. The molecule has 90 valence electrons. The summed E-state index contributed by atoms with van der Waals surface area (Å²) in [6.45, 7) is 4.96. The zero-order chi connectivity index (χ0) is 11.7. The molecule has 1 unspecified atom stereocenters. The van der Waals surface area contributed by atoms with Gasteiger partial charge in [0.05, 0.1) is 25.0 Å². The summed E-state index contributed by atoms with van der Waals surface area (Å²) >= 11 is 0. The van der Waals surface area contributed by atoms with E-state index >= 15 is 0 Å². The van der Waals surface area contributed by atoms with Gasteiger partial charge in [0.25, 0.3) is 0 Å². The van der Waals surface area contributed by atoms with Gasteiger partial charge in [-0.05, 0) is 18.9 Å². The van der Waals surface area contributed by atoms with Crippen LogP contribution >= 0.6 is 0 Å². The first-order valence-electron chi connectivity index (χ1n) is 5.93. The molecular formula is C12H16N4O. The minimum absolute atomic E-state index is 0.485. The first kappa shape index (κ1) is 10.5. The van der Waals surface area contributed by atoms with E-state index in [-0.39, 0.29) is 0 Å². The van der Waals surface area contributed by atoms with Gasteiger partial charge in [-0.3, -0.25) is 9.58 Å². The van der Waals surface area contributed by atoms with E-state index < -0.39 is 0 Å². The third-order valence-electron chi connectivity index (χ3n) is 3.19. The lowest BCUT2D eigenvalue weighted by Gasteiger charge is -2.13. The highest BCUT2D eigenvalue weighted by Gasteiger charge is 2.25. The minimum atomic E-state index is 0.485. The van der Waals surface area contributed by atoms with Gasteiger partial charge in [0.1, 0.15) is 6.26 Å². The van der Waals surface area contributed by atoms with Crippen molar-refractivity contribution >= 4 is 0 Å². The zero-order valence-electron chi connectivity index (χ0n) is 9.91. The summed E-state index contributed by atoms with van der Waals surface area (Å²) in [7, 11) is 0. The van der Waals surface area contributed by atoms with E-state index in [1.807, 2.05) is 6.20 Å². The van der Waals surface area contributed by atoms with E-state index in [1.54, 1.807) is 12.5 Å². The van der Waals surface area contributed by atoms with Gasteiger partial charge in [-0.1, -0.05) is 0 Å². The molecule has 5 heteroatoms. The molecule has 0 N–H and O–H groups in total. The molecule has 2 aromatic rings. The first-order chi connectivity index (χ1) is 8.31. The molecule has 3 heterocycles. The summed E-state index contributed by atoms with van der Waals surface area (Å²) in [5.74, 6) is 0.794. The van der Waals surface area contributed by atoms with Crippen LogP contribution in [0.4, 0.5) is 0 Å². The molecule has 1 fully saturated rings. The molecule has 0 aliphatic carbocycles. The Bertz CT molecular complexity index is 476. The molecular weight excluding hydrogens is 216 g/mol. The fourth-order valence-electron chi connectivity index (χ4n) is 2.33. The number of hydrogen-bond donors (Lipinski definition) is 0. The van der Waals surface area contributed by atoms with Crippen LogP contribution < -0.4 is 0 Å². The monoisotopic (exact) mass is 232 g/mol. The maximum atomic E-state index is 5.27. The molecule has 3 rings (SSSR count). The van der Waals surface area contributed by atoms with Crippen molar-refractivity contribution in [3.63, 3.8) is 0 Å². The number of likely N-dealkylation sites (tertiary alicyclic amines) is 1. The number of aryl methyl sites for hydroxylation is 1. The van der Waals surface area contributed by atoms with Crippen LogP contribution in [-0.4, -0.2) is 32.8 Å². The molecule has 1 atom stereocenters. The highest BCUT2D eigenvalue weighted by atomic mass is 16.3. The highest BCUT2D eigenvalue weighted by molar-refractivity contribution is 5.01. The van der Waals surface area contributed by atoms with Gasteiger partial charge in [0.2, 0.25) is 5.89 Å². The van der Waals surface area contributed by atoms with Crippen LogP contribution in [0, 0.1) is 6.92 Å². The SMILES string of the molecule is Cc1cnn(C2CCN(Cc3ncco3)C2)c1. The van der Waals surface area contributed by atoms with Crippen molar-refractivity contribution < 1.29 is 4.42 Å². The fraction of sp³-hybridized carbons (Fsp3) is 0.500. The number of aromatic nitrogens is 3. The molecule has 0 bridgehead atoms. The van der Waals surface area contributed by atoms with Gasteiger partial charge in [-0.2, -0.15) is 5.10 Å². The molecule has 0 spiro atoms. The number of oxazole rings is 1. The Morgan fingerprint density at radius 1 is 1.53 bits per heavy atom. The largest absolute Gasteiger partial charge is 0.448 e. The lowest BCUT2D eigenvalue weighted by Crippen LogP contribution is -2.21. The van der Waals surface area contributed by atoms with E-state index in [4.69, 9.17) is 4.42 Å². The van der Waals surface area contributed by atoms with Crippen molar-refractivity contribution in [3.05, 3.63) is 36.3 Å². The molecule has 1 aliphatic rings. The Balaban J connectivity index is 1.62. The topological polar surface area (TPSA) is 47.1 Å². The van der Waals surface area contributed by atoms with Crippen molar-refractivity contribution in [1.29, 1.82) is 0 Å². The van der Waals surface area contributed by atoms with E-state index in [1.165, 1.54) is 5.56 Å². The van der Waals surface area contributed by atoms with Crippen molar-refractivity contribution in [3.8, 4) is 0 Å². The minimum Gasteiger partial charge on any atom is -0.448 e. The summed E-state index contributed by atoms with van der Waals surface area (Å²) in [5.41, 5.74) is 1.22. The van der Waals surface area contributed by atoms with E-state index in [9.17, 15) is 0 Å². The molecule has 17 heavy (non-hydrogen) atoms. The number of nitrogens with zero attached hydrogens (tertiary/aromatic N) is 4. The van der Waals surface area contributed by atoms with Crippen molar-refractivity contribution in [2.45, 2.75) is 25.9 Å². The predicted molar refractivity (Wildman–Crippen MR) is 62.4 cm³/mol. The Morgan fingerprint density at radius 2 is 2.47 bits per heavy atom. The van der Waals surface area contributed by atoms with Crippen LogP contribution in [-0.2, 0) is 6.54 Å². The Labute approximate surface area is 100 Å². The molecule has 0 saturated carbocycles. The molecule has 2 aromatic heterocycles. The zero-order valence-corrected chi connectivity index (χ0v) is 9.91. The van der Waals surface area contributed by atoms with Crippen molar-refractivity contribution in [1.82, 2.24) is 19.7 Å². The van der Waals surface area contributed by atoms with Gasteiger partial charge >= 0.3 is 0 Å². The van der Waals surface area contributed by atoms with Crippen molar-refractivity contribution in [2.24, 2.45) is 0 Å². The quantitative estimate of drug-likeness (QED) is 0.807. The third kappa shape index (κ3) is 2.24. The first-order valence-corrected chi connectivity index (χ1v) is 5.93. The maximum absolute atomic E-state index is 5.27. The van der Waals surface area contributed by atoms with E-state index in [0.717, 1.165) is 31.9 Å². The Hall–Kier alpha value is -1.62. The second kappa shape index (κ2) is 4.33. The van der Waals surface area contributed by atoms with E-state index in [0.29, 0.717) is 6.04 Å². The average molecular weight is 232 g/mol. The maximum Gasteiger partial charge on any atom is 0.208 e. The van der Waals surface area contributed by atoms with Crippen LogP contribution in [0.1, 0.15) is 23.9 Å². The normalized spacial score (nSPS) is 21.1. The van der Waals surface area contributed by atoms with Gasteiger partial charge in [-0.15, -0.1) is 0 Å². The molecule has 5 nitrogen and oxygen atoms in total. The molecule has 0 amide bonds. The predicted octanol–water partition coefficient (Wildman–Crippen LogP) is 1.63. The van der Waals surface area contributed by atoms with Crippen LogP contribution in [0.15, 0.2) is 29.3 Å². The smallest absolute Gasteiger partial charge is 0.208 e. The van der Waals surface area contributed by atoms with Gasteiger partial charge in [0.15, 0.2) is 0 Å². The summed E-state index contributed by atoms with van der Waals surface area (Å²) < 4.78 is 7.34. The lowest BCUT2D eigenvalue weighted by molar-refractivity contribution is 0.277. The number of hydrogen-bond acceptors (Lipinski definition) is 4. The fourth-order valence-corrected chi connectivity index (χ4v) is 2.33. The second-order valence-corrected chi connectivity index (χ2v) is 4.60. The average Bonchev–Trinajstić information content (AvgIpc) is 2.99. The second-order valence-electron chi connectivity index (χ2n) is 4.60. The molecule has 0 aromatic carbocycles. The van der Waals surface area contributed by atoms with Crippen molar-refractivity contribution in [2.75, 3.05) is 13.1 Å². The Kier molecular flexibility index (Phi) is 2.68. The molecule has 0 radical (unpaired) electrons. The number of rotatable bonds is 3. The summed E-state index contributed by atoms with van der Waals surface area (Å²) in [6.07, 6.45) is 8.48. The lowest BCUT2D eigenvalue weighted by atomic mass is 10.3. The summed E-state index contributed by atoms with van der Waals surface area (Å²) in [4.78, 5) is 6.51. The van der Waals surface area contributed by atoms with Gasteiger partial charge in [0, 0.05) is 19.3 Å². The molecule has 1 saturated heterocycles.